The highest BCUT2D eigenvalue weighted by atomic mass is 16.1. The van der Waals surface area contributed by atoms with Gasteiger partial charge in [-0.3, -0.25) is 4.79 Å². The number of hydrogen-bond acceptors (Lipinski definition) is 1. The molecule has 0 amide bonds. The zero-order chi connectivity index (χ0) is 9.84. The summed E-state index contributed by atoms with van der Waals surface area (Å²) in [6.45, 7) is 5.97. The molecule has 0 spiro atoms. The van der Waals surface area contributed by atoms with Crippen molar-refractivity contribution in [3.63, 3.8) is 0 Å². The molecule has 70 valence electrons. The van der Waals surface area contributed by atoms with Crippen molar-refractivity contribution in [2.75, 3.05) is 0 Å². The number of nitrogens with one attached hydrogen (secondary N) is 2. The van der Waals surface area contributed by atoms with E-state index in [1.165, 1.54) is 0 Å². The van der Waals surface area contributed by atoms with Crippen LogP contribution < -0.4 is 5.56 Å². The quantitative estimate of drug-likeness (QED) is 0.638. The first-order valence-electron chi connectivity index (χ1n) is 4.44. The van der Waals surface area contributed by atoms with E-state index in [-0.39, 0.29) is 5.56 Å². The second-order valence-electron chi connectivity index (χ2n) is 2.57. The van der Waals surface area contributed by atoms with Crippen molar-refractivity contribution in [1.82, 2.24) is 9.97 Å². The highest BCUT2D eigenvalue weighted by molar-refractivity contribution is 5.81. The normalized spacial score (nSPS) is 9.46. The van der Waals surface area contributed by atoms with Gasteiger partial charge in [-0.25, -0.2) is 0 Å². The SMILES string of the molecule is CC.Cc1c[nH]c2c(=O)[nH]ccc12. The van der Waals surface area contributed by atoms with E-state index in [0.717, 1.165) is 10.9 Å². The van der Waals surface area contributed by atoms with Crippen LogP contribution in [0.3, 0.4) is 0 Å². The molecule has 2 rings (SSSR count). The molecule has 0 aliphatic rings. The van der Waals surface area contributed by atoms with Crippen LogP contribution in [0.4, 0.5) is 0 Å². The third-order valence-corrected chi connectivity index (χ3v) is 1.82. The van der Waals surface area contributed by atoms with Crippen LogP contribution in [0.25, 0.3) is 10.9 Å². The van der Waals surface area contributed by atoms with E-state index in [4.69, 9.17) is 0 Å². The summed E-state index contributed by atoms with van der Waals surface area (Å²) >= 11 is 0. The molecule has 13 heavy (non-hydrogen) atoms. The van der Waals surface area contributed by atoms with Gasteiger partial charge in [0.05, 0.1) is 0 Å². The highest BCUT2D eigenvalue weighted by Crippen LogP contribution is 2.11. The van der Waals surface area contributed by atoms with Gasteiger partial charge >= 0.3 is 0 Å². The van der Waals surface area contributed by atoms with Crippen molar-refractivity contribution in [3.05, 3.63) is 34.4 Å². The van der Waals surface area contributed by atoms with E-state index >= 15 is 0 Å². The molecule has 0 bridgehead atoms. The molecule has 0 radical (unpaired) electrons. The van der Waals surface area contributed by atoms with Crippen LogP contribution in [0.2, 0.25) is 0 Å². The number of aryl methyl sites for hydroxylation is 1. The zero-order valence-corrected chi connectivity index (χ0v) is 8.14. The van der Waals surface area contributed by atoms with Crippen LogP contribution in [-0.4, -0.2) is 9.97 Å². The van der Waals surface area contributed by atoms with Crippen molar-refractivity contribution in [2.45, 2.75) is 20.8 Å². The molecule has 0 saturated carbocycles. The average Bonchev–Trinajstić information content (AvgIpc) is 2.53. The van der Waals surface area contributed by atoms with Crippen LogP contribution in [0, 0.1) is 6.92 Å². The van der Waals surface area contributed by atoms with E-state index in [9.17, 15) is 4.79 Å². The molecule has 0 aliphatic heterocycles. The van der Waals surface area contributed by atoms with Gasteiger partial charge in [0.1, 0.15) is 5.52 Å². The van der Waals surface area contributed by atoms with Crippen molar-refractivity contribution in [3.8, 4) is 0 Å². The first-order valence-corrected chi connectivity index (χ1v) is 4.44. The second-order valence-corrected chi connectivity index (χ2v) is 2.57. The summed E-state index contributed by atoms with van der Waals surface area (Å²) in [6, 6.07) is 1.89. The Balaban J connectivity index is 0.000000396. The van der Waals surface area contributed by atoms with Crippen LogP contribution in [0.15, 0.2) is 23.3 Å². The Kier molecular flexibility index (Phi) is 2.90. The first kappa shape index (κ1) is 9.58. The monoisotopic (exact) mass is 178 g/mol. The Morgan fingerprint density at radius 1 is 1.23 bits per heavy atom. The van der Waals surface area contributed by atoms with Gasteiger partial charge in [-0.2, -0.15) is 0 Å². The predicted molar refractivity (Wildman–Crippen MR) is 55.0 cm³/mol. The lowest BCUT2D eigenvalue weighted by atomic mass is 10.2. The summed E-state index contributed by atoms with van der Waals surface area (Å²) in [7, 11) is 0. The van der Waals surface area contributed by atoms with Crippen LogP contribution in [0.5, 0.6) is 0 Å². The molecular formula is C10H14N2O. The molecule has 0 aromatic carbocycles. The number of H-pyrrole nitrogens is 2. The number of aromatic nitrogens is 2. The molecule has 2 heterocycles. The van der Waals surface area contributed by atoms with Gasteiger partial charge in [-0.1, -0.05) is 13.8 Å². The van der Waals surface area contributed by atoms with Crippen LogP contribution >= 0.6 is 0 Å². The molecule has 0 fully saturated rings. The maximum absolute atomic E-state index is 11.1. The topological polar surface area (TPSA) is 48.6 Å². The molecule has 0 saturated heterocycles. The highest BCUT2D eigenvalue weighted by Gasteiger charge is 2.00. The van der Waals surface area contributed by atoms with Crippen molar-refractivity contribution in [2.24, 2.45) is 0 Å². The lowest BCUT2D eigenvalue weighted by Gasteiger charge is -1.87. The number of rotatable bonds is 0. The number of fused-ring (bicyclic) bond motifs is 1. The third-order valence-electron chi connectivity index (χ3n) is 1.82. The number of aromatic amines is 2. The Morgan fingerprint density at radius 2 is 1.92 bits per heavy atom. The molecule has 0 aliphatic carbocycles. The summed E-state index contributed by atoms with van der Waals surface area (Å²) in [6.07, 6.45) is 3.49. The average molecular weight is 178 g/mol. The lowest BCUT2D eigenvalue weighted by molar-refractivity contribution is 1.26. The molecule has 2 N–H and O–H groups in total. The van der Waals surface area contributed by atoms with E-state index in [1.54, 1.807) is 6.20 Å². The predicted octanol–water partition coefficient (Wildman–Crippen LogP) is 2.19. The summed E-state index contributed by atoms with van der Waals surface area (Å²) < 4.78 is 0. The Morgan fingerprint density at radius 3 is 2.54 bits per heavy atom. The van der Waals surface area contributed by atoms with Gasteiger partial charge in [0.15, 0.2) is 0 Å². The fraction of sp³-hybridized carbons (Fsp3) is 0.300. The van der Waals surface area contributed by atoms with E-state index in [0.29, 0.717) is 5.52 Å². The molecule has 2 aromatic rings. The van der Waals surface area contributed by atoms with Crippen LogP contribution in [0.1, 0.15) is 19.4 Å². The maximum Gasteiger partial charge on any atom is 0.272 e. The van der Waals surface area contributed by atoms with E-state index < -0.39 is 0 Å². The molecular weight excluding hydrogens is 164 g/mol. The van der Waals surface area contributed by atoms with Crippen molar-refractivity contribution < 1.29 is 0 Å². The molecule has 3 nitrogen and oxygen atoms in total. The van der Waals surface area contributed by atoms with E-state index in [1.807, 2.05) is 33.0 Å². The molecule has 2 aromatic heterocycles. The Bertz CT molecular complexity index is 439. The van der Waals surface area contributed by atoms with Gasteiger partial charge in [0.2, 0.25) is 0 Å². The fourth-order valence-electron chi connectivity index (χ4n) is 1.21. The van der Waals surface area contributed by atoms with Gasteiger partial charge in [-0.05, 0) is 18.6 Å². The van der Waals surface area contributed by atoms with Gasteiger partial charge in [-0.15, -0.1) is 0 Å². The first-order chi connectivity index (χ1) is 6.29. The summed E-state index contributed by atoms with van der Waals surface area (Å²) in [5, 5.41) is 0.994. The largest absolute Gasteiger partial charge is 0.356 e. The smallest absolute Gasteiger partial charge is 0.272 e. The molecule has 0 unspecified atom stereocenters. The third kappa shape index (κ3) is 1.64. The van der Waals surface area contributed by atoms with Gasteiger partial charge < -0.3 is 9.97 Å². The zero-order valence-electron chi connectivity index (χ0n) is 8.14. The summed E-state index contributed by atoms with van der Waals surface area (Å²) in [5.74, 6) is 0. The van der Waals surface area contributed by atoms with Crippen LogP contribution in [-0.2, 0) is 0 Å². The summed E-state index contributed by atoms with van der Waals surface area (Å²) in [4.78, 5) is 16.6. The molecule has 0 atom stereocenters. The summed E-state index contributed by atoms with van der Waals surface area (Å²) in [5.41, 5.74) is 1.70. The minimum Gasteiger partial charge on any atom is -0.356 e. The van der Waals surface area contributed by atoms with Gasteiger partial charge in [0, 0.05) is 17.8 Å². The Labute approximate surface area is 76.8 Å². The second kappa shape index (κ2) is 3.94. The maximum atomic E-state index is 11.1. The Hall–Kier alpha value is -1.51. The van der Waals surface area contributed by atoms with Gasteiger partial charge in [0.25, 0.3) is 5.56 Å². The standard InChI is InChI=1S/C8H8N2O.C2H6/c1-5-4-10-7-6(5)2-3-9-8(7)11;1-2/h2-4,10H,1H3,(H,9,11);1-2H3. The molecule has 3 heteroatoms. The van der Waals surface area contributed by atoms with Crippen molar-refractivity contribution in [1.29, 1.82) is 0 Å². The number of hydrogen-bond donors (Lipinski definition) is 2. The minimum atomic E-state index is -0.0596. The fourth-order valence-corrected chi connectivity index (χ4v) is 1.21. The lowest BCUT2D eigenvalue weighted by Crippen LogP contribution is -2.03. The number of pyridine rings is 1. The minimum absolute atomic E-state index is 0.0596. The van der Waals surface area contributed by atoms with E-state index in [2.05, 4.69) is 9.97 Å². The van der Waals surface area contributed by atoms with Crippen molar-refractivity contribution >= 4 is 10.9 Å².